The summed E-state index contributed by atoms with van der Waals surface area (Å²) in [5, 5.41) is 3.06. The Labute approximate surface area is 212 Å². The van der Waals surface area contributed by atoms with E-state index in [0.717, 1.165) is 54.4 Å². The molecular formula is C29H34N2O3S. The molecular weight excluding hydrogens is 456 g/mol. The maximum Gasteiger partial charge on any atom is 0.251 e. The third-order valence-corrected chi connectivity index (χ3v) is 7.41. The van der Waals surface area contributed by atoms with E-state index in [4.69, 9.17) is 9.47 Å². The molecule has 184 valence electrons. The molecule has 4 rings (SSSR count). The minimum Gasteiger partial charge on any atom is -0.493 e. The number of benzene rings is 3. The van der Waals surface area contributed by atoms with Crippen molar-refractivity contribution in [3.05, 3.63) is 89.0 Å². The Kier molecular flexibility index (Phi) is 8.72. The van der Waals surface area contributed by atoms with Crippen LogP contribution in [-0.2, 0) is 13.1 Å². The molecule has 0 radical (unpaired) electrons. The standard InChI is InChI=1S/C29H34N2O3S/c1-33-27-12-7-22(18-28(27)34-2)20-31-15-13-23(14-16-31)25-6-4-5-21(17-25)19-30-29(32)24-8-10-26(35-3)11-9-24/h4-12,17-18,23H,13-16,19-20H2,1-3H3,(H,30,32). The van der Waals surface area contributed by atoms with Gasteiger partial charge in [0.25, 0.3) is 5.91 Å². The highest BCUT2D eigenvalue weighted by atomic mass is 32.2. The number of thioether (sulfide) groups is 1. The number of hydrogen-bond donors (Lipinski definition) is 1. The van der Waals surface area contributed by atoms with Gasteiger partial charge in [0.05, 0.1) is 14.2 Å². The van der Waals surface area contributed by atoms with Crippen LogP contribution < -0.4 is 14.8 Å². The average molecular weight is 491 g/mol. The quantitative estimate of drug-likeness (QED) is 0.388. The minimum atomic E-state index is -0.0356. The molecule has 0 aliphatic carbocycles. The van der Waals surface area contributed by atoms with Gasteiger partial charge in [-0.15, -0.1) is 11.8 Å². The first kappa shape index (κ1) is 25.1. The summed E-state index contributed by atoms with van der Waals surface area (Å²) in [6, 6.07) is 22.6. The third kappa shape index (κ3) is 6.59. The molecule has 0 saturated carbocycles. The van der Waals surface area contributed by atoms with Crippen LogP contribution in [0.5, 0.6) is 11.5 Å². The molecule has 1 aliphatic rings. The Morgan fingerprint density at radius 1 is 0.943 bits per heavy atom. The molecule has 1 N–H and O–H groups in total. The number of carbonyl (C=O) groups excluding carboxylic acids is 1. The number of nitrogens with zero attached hydrogens (tertiary/aromatic N) is 1. The van der Waals surface area contributed by atoms with Gasteiger partial charge in [-0.2, -0.15) is 0 Å². The van der Waals surface area contributed by atoms with E-state index in [1.165, 1.54) is 11.1 Å². The highest BCUT2D eigenvalue weighted by molar-refractivity contribution is 7.98. The molecule has 0 atom stereocenters. The monoisotopic (exact) mass is 490 g/mol. The first-order chi connectivity index (χ1) is 17.1. The molecule has 1 fully saturated rings. The molecule has 35 heavy (non-hydrogen) atoms. The van der Waals surface area contributed by atoms with Crippen LogP contribution in [0.15, 0.2) is 71.6 Å². The molecule has 3 aromatic rings. The van der Waals surface area contributed by atoms with Gasteiger partial charge in [-0.25, -0.2) is 0 Å². The molecule has 1 saturated heterocycles. The lowest BCUT2D eigenvalue weighted by molar-refractivity contribution is 0.0951. The van der Waals surface area contributed by atoms with Crippen molar-refractivity contribution in [1.29, 1.82) is 0 Å². The van der Waals surface area contributed by atoms with E-state index in [-0.39, 0.29) is 5.91 Å². The Morgan fingerprint density at radius 2 is 1.69 bits per heavy atom. The smallest absolute Gasteiger partial charge is 0.251 e. The average Bonchev–Trinajstić information content (AvgIpc) is 2.92. The van der Waals surface area contributed by atoms with Crippen molar-refractivity contribution in [2.75, 3.05) is 33.6 Å². The fourth-order valence-corrected chi connectivity index (χ4v) is 5.05. The fourth-order valence-electron chi connectivity index (χ4n) is 4.65. The molecule has 0 bridgehead atoms. The Hall–Kier alpha value is -2.96. The maximum absolute atomic E-state index is 12.5. The summed E-state index contributed by atoms with van der Waals surface area (Å²) in [6.07, 6.45) is 4.29. The van der Waals surface area contributed by atoms with Crippen molar-refractivity contribution >= 4 is 17.7 Å². The molecule has 6 heteroatoms. The van der Waals surface area contributed by atoms with E-state index in [9.17, 15) is 4.79 Å². The maximum atomic E-state index is 12.5. The second kappa shape index (κ2) is 12.1. The van der Waals surface area contributed by atoms with Crippen LogP contribution in [0.2, 0.25) is 0 Å². The number of rotatable bonds is 9. The van der Waals surface area contributed by atoms with E-state index >= 15 is 0 Å². The van der Waals surface area contributed by atoms with Gasteiger partial charge in [0, 0.05) is 23.5 Å². The van der Waals surface area contributed by atoms with Gasteiger partial charge in [0.2, 0.25) is 0 Å². The molecule has 1 heterocycles. The topological polar surface area (TPSA) is 50.8 Å². The number of carbonyl (C=O) groups is 1. The van der Waals surface area contributed by atoms with Crippen LogP contribution in [0, 0.1) is 0 Å². The zero-order valence-electron chi connectivity index (χ0n) is 20.8. The van der Waals surface area contributed by atoms with Gasteiger partial charge >= 0.3 is 0 Å². The van der Waals surface area contributed by atoms with Crippen LogP contribution in [-0.4, -0.2) is 44.4 Å². The van der Waals surface area contributed by atoms with E-state index < -0.39 is 0 Å². The largest absolute Gasteiger partial charge is 0.493 e. The number of ether oxygens (including phenoxy) is 2. The zero-order valence-corrected chi connectivity index (χ0v) is 21.6. The van der Waals surface area contributed by atoms with Crippen LogP contribution in [0.1, 0.15) is 45.8 Å². The molecule has 5 nitrogen and oxygen atoms in total. The van der Waals surface area contributed by atoms with Gasteiger partial charge < -0.3 is 14.8 Å². The van der Waals surface area contributed by atoms with Gasteiger partial charge in [-0.05, 0) is 91.2 Å². The molecule has 1 aliphatic heterocycles. The Balaban J connectivity index is 1.29. The van der Waals surface area contributed by atoms with Gasteiger partial charge in [-0.3, -0.25) is 9.69 Å². The fraction of sp³-hybridized carbons (Fsp3) is 0.345. The number of amides is 1. The third-order valence-electron chi connectivity index (χ3n) is 6.67. The highest BCUT2D eigenvalue weighted by Crippen LogP contribution is 2.31. The van der Waals surface area contributed by atoms with Crippen LogP contribution in [0.3, 0.4) is 0 Å². The Bertz CT molecular complexity index is 1130. The van der Waals surface area contributed by atoms with Crippen molar-refractivity contribution in [3.8, 4) is 11.5 Å². The SMILES string of the molecule is COc1ccc(CN2CCC(c3cccc(CNC(=O)c4ccc(SC)cc4)c3)CC2)cc1OC. The van der Waals surface area contributed by atoms with E-state index in [2.05, 4.69) is 46.6 Å². The lowest BCUT2D eigenvalue weighted by atomic mass is 9.88. The predicted octanol–water partition coefficient (Wildman–Crippen LogP) is 5.74. The molecule has 3 aromatic carbocycles. The summed E-state index contributed by atoms with van der Waals surface area (Å²) >= 11 is 1.67. The van der Waals surface area contributed by atoms with Crippen molar-refractivity contribution in [2.45, 2.75) is 36.7 Å². The van der Waals surface area contributed by atoms with E-state index in [0.29, 0.717) is 18.0 Å². The molecule has 0 aromatic heterocycles. The molecule has 0 unspecified atom stereocenters. The number of nitrogens with one attached hydrogen (secondary N) is 1. The number of hydrogen-bond acceptors (Lipinski definition) is 5. The highest BCUT2D eigenvalue weighted by Gasteiger charge is 2.21. The number of methoxy groups -OCH3 is 2. The Morgan fingerprint density at radius 3 is 2.37 bits per heavy atom. The van der Waals surface area contributed by atoms with E-state index in [1.54, 1.807) is 26.0 Å². The summed E-state index contributed by atoms with van der Waals surface area (Å²) in [5.74, 6) is 2.05. The second-order valence-corrected chi connectivity index (χ2v) is 9.78. The summed E-state index contributed by atoms with van der Waals surface area (Å²) in [5.41, 5.74) is 4.44. The zero-order chi connectivity index (χ0) is 24.6. The normalized spacial score (nSPS) is 14.5. The van der Waals surface area contributed by atoms with Gasteiger partial charge in [0.15, 0.2) is 11.5 Å². The van der Waals surface area contributed by atoms with Gasteiger partial charge in [0.1, 0.15) is 0 Å². The molecule has 1 amide bonds. The lowest BCUT2D eigenvalue weighted by Crippen LogP contribution is -2.32. The van der Waals surface area contributed by atoms with Crippen LogP contribution in [0.25, 0.3) is 0 Å². The van der Waals surface area contributed by atoms with Crippen molar-refractivity contribution in [3.63, 3.8) is 0 Å². The molecule has 0 spiro atoms. The van der Waals surface area contributed by atoms with Crippen molar-refractivity contribution < 1.29 is 14.3 Å². The summed E-state index contributed by atoms with van der Waals surface area (Å²) in [4.78, 5) is 16.2. The first-order valence-corrected chi connectivity index (χ1v) is 13.3. The van der Waals surface area contributed by atoms with Crippen molar-refractivity contribution in [1.82, 2.24) is 10.2 Å². The van der Waals surface area contributed by atoms with Crippen LogP contribution in [0.4, 0.5) is 0 Å². The number of likely N-dealkylation sites (tertiary alicyclic amines) is 1. The first-order valence-electron chi connectivity index (χ1n) is 12.0. The van der Waals surface area contributed by atoms with E-state index in [1.807, 2.05) is 36.6 Å². The van der Waals surface area contributed by atoms with Crippen molar-refractivity contribution in [2.24, 2.45) is 0 Å². The summed E-state index contributed by atoms with van der Waals surface area (Å²) < 4.78 is 10.8. The van der Waals surface area contributed by atoms with Gasteiger partial charge in [-0.1, -0.05) is 30.3 Å². The predicted molar refractivity (Wildman–Crippen MR) is 143 cm³/mol. The lowest BCUT2D eigenvalue weighted by Gasteiger charge is -2.32. The summed E-state index contributed by atoms with van der Waals surface area (Å²) in [7, 11) is 3.34. The number of piperidine rings is 1. The summed E-state index contributed by atoms with van der Waals surface area (Å²) in [6.45, 7) is 3.57. The second-order valence-electron chi connectivity index (χ2n) is 8.90. The van der Waals surface area contributed by atoms with Crippen LogP contribution >= 0.6 is 11.8 Å². The minimum absolute atomic E-state index is 0.0356.